The summed E-state index contributed by atoms with van der Waals surface area (Å²) in [5, 5.41) is 18.1. The van der Waals surface area contributed by atoms with E-state index in [2.05, 4.69) is 55.6 Å². The van der Waals surface area contributed by atoms with Crippen LogP contribution in [0.5, 0.6) is 0 Å². The summed E-state index contributed by atoms with van der Waals surface area (Å²) < 4.78 is 2.01. The second-order valence-corrected chi connectivity index (χ2v) is 9.94. The molecule has 1 aliphatic rings. The Morgan fingerprint density at radius 1 is 1.16 bits per heavy atom. The highest BCUT2D eigenvalue weighted by Crippen LogP contribution is 2.29. The Bertz CT molecular complexity index is 1100. The van der Waals surface area contributed by atoms with E-state index >= 15 is 0 Å². The molecule has 0 aliphatic carbocycles. The third-order valence-corrected chi connectivity index (χ3v) is 6.48. The number of anilines is 1. The van der Waals surface area contributed by atoms with Gasteiger partial charge in [-0.25, -0.2) is 4.99 Å². The molecule has 1 atom stereocenters. The van der Waals surface area contributed by atoms with Gasteiger partial charge in [0.25, 0.3) is 0 Å². The van der Waals surface area contributed by atoms with Gasteiger partial charge in [0.15, 0.2) is 0 Å². The molecule has 1 unspecified atom stereocenters. The third kappa shape index (κ3) is 5.68. The summed E-state index contributed by atoms with van der Waals surface area (Å²) >= 11 is 3.35. The number of guanidine groups is 1. The van der Waals surface area contributed by atoms with Crippen LogP contribution in [0.4, 0.5) is 5.13 Å². The van der Waals surface area contributed by atoms with Gasteiger partial charge in [0.1, 0.15) is 5.01 Å². The first kappa shape index (κ1) is 24.7. The van der Waals surface area contributed by atoms with Crippen LogP contribution >= 0.6 is 23.1 Å². The molecular formula is C23H27IN6S2. The minimum absolute atomic E-state index is 0. The van der Waals surface area contributed by atoms with Crippen LogP contribution in [0.3, 0.4) is 0 Å². The molecule has 1 aromatic heterocycles. The van der Waals surface area contributed by atoms with Crippen molar-refractivity contribution in [2.45, 2.75) is 40.4 Å². The van der Waals surface area contributed by atoms with Crippen LogP contribution in [0, 0.1) is 13.8 Å². The fourth-order valence-electron chi connectivity index (χ4n) is 3.40. The molecule has 168 valence electrons. The van der Waals surface area contributed by atoms with E-state index in [4.69, 9.17) is 15.2 Å². The lowest BCUT2D eigenvalue weighted by Gasteiger charge is -2.29. The van der Waals surface area contributed by atoms with Gasteiger partial charge >= 0.3 is 11.1 Å². The van der Waals surface area contributed by atoms with E-state index in [1.165, 1.54) is 5.56 Å². The second kappa shape index (κ2) is 11.2. The number of aliphatic imine (C=N–C) groups is 1. The number of nitrogens with zero attached hydrogens (tertiary/aromatic N) is 5. The van der Waals surface area contributed by atoms with Crippen LogP contribution in [-0.4, -0.2) is 26.9 Å². The smallest absolute Gasteiger partial charge is 0.366 e. The number of hydrogen-bond acceptors (Lipinski definition) is 5. The van der Waals surface area contributed by atoms with Crippen LogP contribution in [0.15, 0.2) is 64.7 Å². The molecule has 0 amide bonds. The van der Waals surface area contributed by atoms with Crippen molar-refractivity contribution >= 4 is 39.2 Å². The number of aromatic nitrogens is 2. The summed E-state index contributed by atoms with van der Waals surface area (Å²) in [4.78, 5) is 4.93. The second-order valence-electron chi connectivity index (χ2n) is 7.30. The first-order valence-corrected chi connectivity index (χ1v) is 12.1. The van der Waals surface area contributed by atoms with Crippen molar-refractivity contribution in [3.8, 4) is 0 Å². The molecule has 2 heterocycles. The molecule has 1 N–H and O–H groups in total. The molecule has 2 aromatic carbocycles. The van der Waals surface area contributed by atoms with Gasteiger partial charge in [0.05, 0.1) is 11.6 Å². The van der Waals surface area contributed by atoms with Gasteiger partial charge in [-0.1, -0.05) is 76.9 Å². The lowest BCUT2D eigenvalue weighted by molar-refractivity contribution is -0.769. The topological polar surface area (TPSA) is 56.8 Å². The lowest BCUT2D eigenvalue weighted by Crippen LogP contribution is -3.00. The van der Waals surface area contributed by atoms with Crippen molar-refractivity contribution in [3.63, 3.8) is 0 Å². The minimum atomic E-state index is -0.205. The molecule has 6 nitrogen and oxygen atoms in total. The van der Waals surface area contributed by atoms with Crippen LogP contribution in [0.1, 0.15) is 41.7 Å². The van der Waals surface area contributed by atoms with E-state index in [0.717, 1.165) is 38.0 Å². The maximum Gasteiger partial charge on any atom is 0.366 e. The molecule has 1 aliphatic heterocycles. The maximum absolute atomic E-state index is 4.97. The molecule has 4 rings (SSSR count). The average Bonchev–Trinajstić information content (AvgIpc) is 3.13. The van der Waals surface area contributed by atoms with Crippen LogP contribution in [0.25, 0.3) is 0 Å². The van der Waals surface area contributed by atoms with Gasteiger partial charge in [-0.05, 0) is 43.4 Å². The number of rotatable bonds is 5. The SMILES string of the molecule is CCS/C(C)=N/N1C(=NCc2ccccc2)Nc2sc(C)n[n+]2C1c1ccc(C)cc1.[I-]. The largest absolute Gasteiger partial charge is 1.00 e. The highest BCUT2D eigenvalue weighted by Gasteiger charge is 2.41. The van der Waals surface area contributed by atoms with Gasteiger partial charge in [0, 0.05) is 5.56 Å². The summed E-state index contributed by atoms with van der Waals surface area (Å²) in [7, 11) is 0. The van der Waals surface area contributed by atoms with E-state index in [-0.39, 0.29) is 30.1 Å². The van der Waals surface area contributed by atoms with Crippen molar-refractivity contribution in [2.24, 2.45) is 10.1 Å². The maximum atomic E-state index is 4.97. The first-order chi connectivity index (χ1) is 15.0. The minimum Gasteiger partial charge on any atom is -1.00 e. The quantitative estimate of drug-likeness (QED) is 0.218. The van der Waals surface area contributed by atoms with E-state index in [1.807, 2.05) is 41.7 Å². The van der Waals surface area contributed by atoms with Gasteiger partial charge in [0.2, 0.25) is 6.17 Å². The zero-order valence-electron chi connectivity index (χ0n) is 18.6. The number of nitrogens with one attached hydrogen (secondary N) is 1. The van der Waals surface area contributed by atoms with Crippen LogP contribution < -0.4 is 34.0 Å². The number of thioether (sulfide) groups is 1. The summed E-state index contributed by atoms with van der Waals surface area (Å²) in [5.41, 5.74) is 3.50. The van der Waals surface area contributed by atoms with Gasteiger partial charge < -0.3 is 24.0 Å². The van der Waals surface area contributed by atoms with E-state index in [1.54, 1.807) is 23.1 Å². The number of aryl methyl sites for hydroxylation is 2. The molecule has 32 heavy (non-hydrogen) atoms. The van der Waals surface area contributed by atoms with Crippen molar-refractivity contribution in [2.75, 3.05) is 11.1 Å². The zero-order chi connectivity index (χ0) is 21.8. The Balaban J connectivity index is 0.00000289. The highest BCUT2D eigenvalue weighted by atomic mass is 127. The Morgan fingerprint density at radius 3 is 2.56 bits per heavy atom. The van der Waals surface area contributed by atoms with Crippen LogP contribution in [-0.2, 0) is 6.54 Å². The summed E-state index contributed by atoms with van der Waals surface area (Å²) in [6.45, 7) is 8.88. The normalized spacial score (nSPS) is 17.0. The predicted octanol–water partition coefficient (Wildman–Crippen LogP) is 1.97. The fraction of sp³-hybridized carbons (Fsp3) is 0.304. The Morgan fingerprint density at radius 2 is 1.88 bits per heavy atom. The molecule has 3 aromatic rings. The number of halogens is 1. The van der Waals surface area contributed by atoms with Gasteiger partial charge in [-0.3, -0.25) is 0 Å². The molecule has 0 saturated heterocycles. The fourth-order valence-corrected chi connectivity index (χ4v) is 4.75. The number of fused-ring (bicyclic) bond motifs is 1. The molecule has 0 bridgehead atoms. The molecule has 9 heteroatoms. The Hall–Kier alpha value is -1.98. The lowest BCUT2D eigenvalue weighted by atomic mass is 10.1. The summed E-state index contributed by atoms with van der Waals surface area (Å²) in [6, 6.07) is 18.8. The molecular weight excluding hydrogens is 551 g/mol. The first-order valence-electron chi connectivity index (χ1n) is 10.3. The molecule has 0 spiro atoms. The van der Waals surface area contributed by atoms with E-state index in [0.29, 0.717) is 6.54 Å². The van der Waals surface area contributed by atoms with Gasteiger partial charge in [-0.2, -0.15) is 15.4 Å². The molecule has 0 fully saturated rings. The van der Waals surface area contributed by atoms with E-state index < -0.39 is 0 Å². The van der Waals surface area contributed by atoms with Crippen molar-refractivity contribution in [1.82, 2.24) is 10.1 Å². The Labute approximate surface area is 214 Å². The monoisotopic (exact) mass is 578 g/mol. The zero-order valence-corrected chi connectivity index (χ0v) is 22.4. The van der Waals surface area contributed by atoms with E-state index in [9.17, 15) is 0 Å². The summed E-state index contributed by atoms with van der Waals surface area (Å²) in [5.74, 6) is 1.70. The molecule has 0 radical (unpaired) electrons. The highest BCUT2D eigenvalue weighted by molar-refractivity contribution is 8.13. The van der Waals surface area contributed by atoms with Gasteiger partial charge in [-0.15, -0.1) is 11.8 Å². The predicted molar refractivity (Wildman–Crippen MR) is 131 cm³/mol. The third-order valence-electron chi connectivity index (χ3n) is 4.83. The van der Waals surface area contributed by atoms with Crippen LogP contribution in [0.2, 0.25) is 0 Å². The van der Waals surface area contributed by atoms with Crippen molar-refractivity contribution < 1.29 is 28.7 Å². The van der Waals surface area contributed by atoms with Crippen molar-refractivity contribution in [1.29, 1.82) is 0 Å². The standard InChI is InChI=1S/C23H26N6S2.HI/c1-5-30-17(3)26-28-21(20-13-11-16(2)12-14-20)29-23(31-18(4)27-29)25-22(28)24-15-19-9-7-6-8-10-19;/h6-14,21H,5,15H2,1-4H3;1H/b24-22?,26-17+;. The Kier molecular flexibility index (Phi) is 8.66. The molecule has 0 saturated carbocycles. The summed E-state index contributed by atoms with van der Waals surface area (Å²) in [6.07, 6.45) is -0.205. The number of hydrazone groups is 1. The average molecular weight is 579 g/mol. The number of benzene rings is 2. The van der Waals surface area contributed by atoms with Crippen molar-refractivity contribution in [3.05, 3.63) is 76.3 Å². The number of hydrogen-bond donors (Lipinski definition) is 1.